The van der Waals surface area contributed by atoms with Crippen LogP contribution in [0.5, 0.6) is 0 Å². The molecule has 1 aliphatic rings. The highest BCUT2D eigenvalue weighted by atomic mass is 35.5. The van der Waals surface area contributed by atoms with Gasteiger partial charge < -0.3 is 15.6 Å². The Labute approximate surface area is 95.2 Å². The third-order valence-corrected chi connectivity index (χ3v) is 2.35. The Bertz CT molecular complexity index is 296. The summed E-state index contributed by atoms with van der Waals surface area (Å²) in [7, 11) is 0. The molecule has 6 heteroatoms. The van der Waals surface area contributed by atoms with Gasteiger partial charge in [0.15, 0.2) is 5.82 Å². The lowest BCUT2D eigenvalue weighted by molar-refractivity contribution is 0.340. The summed E-state index contributed by atoms with van der Waals surface area (Å²) in [6.07, 6.45) is 2.94. The maximum Gasteiger partial charge on any atom is 0.243 e. The zero-order chi connectivity index (χ0) is 9.97. The summed E-state index contributed by atoms with van der Waals surface area (Å²) >= 11 is 0. The second-order valence-corrected chi connectivity index (χ2v) is 3.88. The Hall–Kier alpha value is -0.650. The summed E-state index contributed by atoms with van der Waals surface area (Å²) in [4.78, 5) is 4.31. The molecule has 1 aliphatic heterocycles. The molecule has 1 aromatic rings. The Balaban J connectivity index is 0.00000112. The second kappa shape index (κ2) is 5.44. The minimum Gasteiger partial charge on any atom is -0.338 e. The molecule has 0 spiro atoms. The minimum absolute atomic E-state index is 0. The van der Waals surface area contributed by atoms with E-state index in [1.165, 1.54) is 6.42 Å². The van der Waals surface area contributed by atoms with Crippen molar-refractivity contribution in [2.75, 3.05) is 6.54 Å². The van der Waals surface area contributed by atoms with Crippen molar-refractivity contribution in [2.24, 2.45) is 5.73 Å². The standard InChI is InChI=1S/C9H16N4O.ClH/c1-6(10)5-8-12-9(14-13-8)7-3-2-4-11-7;/h6-7,11H,2-5,10H2,1H3;1H/t6?,7-;/m1./s1. The SMILES string of the molecule is CC(N)Cc1noc([C@H]2CCCN2)n1.Cl. The highest BCUT2D eigenvalue weighted by molar-refractivity contribution is 5.85. The van der Waals surface area contributed by atoms with E-state index in [9.17, 15) is 0 Å². The summed E-state index contributed by atoms with van der Waals surface area (Å²) in [5, 5.41) is 7.21. The Kier molecular flexibility index (Phi) is 4.50. The van der Waals surface area contributed by atoms with Crippen molar-refractivity contribution < 1.29 is 4.52 Å². The van der Waals surface area contributed by atoms with E-state index in [1.54, 1.807) is 0 Å². The zero-order valence-electron chi connectivity index (χ0n) is 8.77. The van der Waals surface area contributed by atoms with Crippen LogP contribution in [-0.4, -0.2) is 22.7 Å². The summed E-state index contributed by atoms with van der Waals surface area (Å²) in [6.45, 7) is 2.97. The third-order valence-electron chi connectivity index (χ3n) is 2.35. The molecule has 1 fully saturated rings. The Morgan fingerprint density at radius 1 is 1.67 bits per heavy atom. The van der Waals surface area contributed by atoms with Crippen molar-refractivity contribution in [3.63, 3.8) is 0 Å². The molecule has 5 nitrogen and oxygen atoms in total. The van der Waals surface area contributed by atoms with Crippen molar-refractivity contribution >= 4 is 12.4 Å². The van der Waals surface area contributed by atoms with Crippen LogP contribution in [0.25, 0.3) is 0 Å². The van der Waals surface area contributed by atoms with Crippen LogP contribution in [0.15, 0.2) is 4.52 Å². The first-order chi connectivity index (χ1) is 6.75. The second-order valence-electron chi connectivity index (χ2n) is 3.88. The van der Waals surface area contributed by atoms with Gasteiger partial charge in [-0.1, -0.05) is 5.16 Å². The van der Waals surface area contributed by atoms with Gasteiger partial charge in [0.05, 0.1) is 6.04 Å². The Morgan fingerprint density at radius 2 is 2.47 bits per heavy atom. The molecule has 2 rings (SSSR count). The van der Waals surface area contributed by atoms with E-state index < -0.39 is 0 Å². The molecule has 86 valence electrons. The average molecular weight is 233 g/mol. The van der Waals surface area contributed by atoms with Gasteiger partial charge in [-0.25, -0.2) is 0 Å². The quantitative estimate of drug-likeness (QED) is 0.807. The molecule has 0 saturated carbocycles. The van der Waals surface area contributed by atoms with E-state index in [-0.39, 0.29) is 24.5 Å². The van der Waals surface area contributed by atoms with E-state index in [0.717, 1.165) is 13.0 Å². The monoisotopic (exact) mass is 232 g/mol. The molecule has 3 N–H and O–H groups in total. The molecule has 1 aromatic heterocycles. The van der Waals surface area contributed by atoms with E-state index >= 15 is 0 Å². The molecule has 1 saturated heterocycles. The normalized spacial score (nSPS) is 22.4. The molecule has 0 aromatic carbocycles. The predicted molar refractivity (Wildman–Crippen MR) is 58.9 cm³/mol. The van der Waals surface area contributed by atoms with Gasteiger partial charge in [0.2, 0.25) is 5.89 Å². The van der Waals surface area contributed by atoms with Crippen LogP contribution in [0.4, 0.5) is 0 Å². The van der Waals surface area contributed by atoms with Gasteiger partial charge in [-0.2, -0.15) is 4.98 Å². The number of hydrogen-bond acceptors (Lipinski definition) is 5. The number of nitrogens with zero attached hydrogens (tertiary/aromatic N) is 2. The average Bonchev–Trinajstić information content (AvgIpc) is 2.69. The number of halogens is 1. The van der Waals surface area contributed by atoms with Gasteiger partial charge in [0.1, 0.15) is 0 Å². The minimum atomic E-state index is 0. The number of nitrogens with two attached hydrogens (primary N) is 1. The molecule has 2 atom stereocenters. The molecule has 2 heterocycles. The first kappa shape index (κ1) is 12.4. The number of rotatable bonds is 3. The largest absolute Gasteiger partial charge is 0.338 e. The van der Waals surface area contributed by atoms with E-state index in [0.29, 0.717) is 18.1 Å². The molecular weight excluding hydrogens is 216 g/mol. The van der Waals surface area contributed by atoms with Crippen LogP contribution in [0.2, 0.25) is 0 Å². The molecule has 0 bridgehead atoms. The van der Waals surface area contributed by atoms with Gasteiger partial charge in [-0.05, 0) is 26.3 Å². The number of hydrogen-bond donors (Lipinski definition) is 2. The highest BCUT2D eigenvalue weighted by Crippen LogP contribution is 2.21. The maximum atomic E-state index is 5.65. The van der Waals surface area contributed by atoms with Crippen LogP contribution in [0.3, 0.4) is 0 Å². The van der Waals surface area contributed by atoms with E-state index in [2.05, 4.69) is 15.5 Å². The highest BCUT2D eigenvalue weighted by Gasteiger charge is 2.22. The van der Waals surface area contributed by atoms with Gasteiger partial charge in [-0.3, -0.25) is 0 Å². The smallest absolute Gasteiger partial charge is 0.243 e. The zero-order valence-corrected chi connectivity index (χ0v) is 9.59. The van der Waals surface area contributed by atoms with Crippen molar-refractivity contribution in [3.05, 3.63) is 11.7 Å². The van der Waals surface area contributed by atoms with Crippen LogP contribution >= 0.6 is 12.4 Å². The third kappa shape index (κ3) is 3.15. The fraction of sp³-hybridized carbons (Fsp3) is 0.778. The molecule has 15 heavy (non-hydrogen) atoms. The first-order valence-corrected chi connectivity index (χ1v) is 5.07. The Morgan fingerprint density at radius 3 is 3.07 bits per heavy atom. The van der Waals surface area contributed by atoms with Crippen LogP contribution < -0.4 is 11.1 Å². The van der Waals surface area contributed by atoms with Crippen LogP contribution in [0, 0.1) is 0 Å². The predicted octanol–water partition coefficient (Wildman–Crippen LogP) is 0.806. The van der Waals surface area contributed by atoms with Gasteiger partial charge in [-0.15, -0.1) is 12.4 Å². The van der Waals surface area contributed by atoms with Gasteiger partial charge >= 0.3 is 0 Å². The van der Waals surface area contributed by atoms with Crippen molar-refractivity contribution in [1.82, 2.24) is 15.5 Å². The summed E-state index contributed by atoms with van der Waals surface area (Å²) in [6, 6.07) is 0.335. The fourth-order valence-corrected chi connectivity index (χ4v) is 1.68. The van der Waals surface area contributed by atoms with Crippen molar-refractivity contribution in [3.8, 4) is 0 Å². The van der Waals surface area contributed by atoms with Crippen molar-refractivity contribution in [1.29, 1.82) is 0 Å². The van der Waals surface area contributed by atoms with Crippen molar-refractivity contribution in [2.45, 2.75) is 38.3 Å². The molecular formula is C9H17ClN4O. The van der Waals surface area contributed by atoms with Crippen LogP contribution in [-0.2, 0) is 6.42 Å². The summed E-state index contributed by atoms with van der Waals surface area (Å²) in [5.41, 5.74) is 5.65. The first-order valence-electron chi connectivity index (χ1n) is 5.07. The number of nitrogens with one attached hydrogen (secondary N) is 1. The lowest BCUT2D eigenvalue weighted by atomic mass is 10.2. The topological polar surface area (TPSA) is 77.0 Å². The van der Waals surface area contributed by atoms with Gasteiger partial charge in [0.25, 0.3) is 0 Å². The fourth-order valence-electron chi connectivity index (χ4n) is 1.68. The molecule has 0 radical (unpaired) electrons. The lowest BCUT2D eigenvalue weighted by Gasteiger charge is -2.01. The molecule has 1 unspecified atom stereocenters. The summed E-state index contributed by atoms with van der Waals surface area (Å²) in [5.74, 6) is 1.42. The number of aromatic nitrogens is 2. The van der Waals surface area contributed by atoms with E-state index in [4.69, 9.17) is 10.3 Å². The molecule has 0 amide bonds. The lowest BCUT2D eigenvalue weighted by Crippen LogP contribution is -2.18. The van der Waals surface area contributed by atoms with Crippen LogP contribution in [0.1, 0.15) is 37.5 Å². The molecule has 0 aliphatic carbocycles. The summed E-state index contributed by atoms with van der Waals surface area (Å²) < 4.78 is 5.17. The maximum absolute atomic E-state index is 5.65. The van der Waals surface area contributed by atoms with Gasteiger partial charge in [0, 0.05) is 12.5 Å². The van der Waals surface area contributed by atoms with E-state index in [1.807, 2.05) is 6.92 Å².